The predicted octanol–water partition coefficient (Wildman–Crippen LogP) is 2.39. The minimum absolute atomic E-state index is 0.123. The fourth-order valence-corrected chi connectivity index (χ4v) is 4.76. The second kappa shape index (κ2) is 3.96. The molecule has 0 radical (unpaired) electrons. The maximum atomic E-state index is 12.1. The smallest absolute Gasteiger partial charge is 0.311 e. The molecule has 5 fully saturated rings. The van der Waals surface area contributed by atoms with Crippen molar-refractivity contribution >= 4 is 5.97 Å². The van der Waals surface area contributed by atoms with Crippen LogP contribution < -0.4 is 0 Å². The Balaban J connectivity index is 1.84. The molecular formula is C15H22O5. The zero-order valence-electron chi connectivity index (χ0n) is 12.3. The first-order valence-corrected chi connectivity index (χ1v) is 7.71. The lowest BCUT2D eigenvalue weighted by Gasteiger charge is -2.57. The minimum atomic E-state index is -0.793. The third-order valence-electron chi connectivity index (χ3n) is 5.97. The molecule has 2 bridgehead atoms. The highest BCUT2D eigenvalue weighted by Crippen LogP contribution is 2.59. The molecule has 5 nitrogen and oxygen atoms in total. The van der Waals surface area contributed by atoms with Crippen molar-refractivity contribution in [2.75, 3.05) is 0 Å². The van der Waals surface area contributed by atoms with Crippen LogP contribution in [-0.4, -0.2) is 23.6 Å². The molecule has 112 valence electrons. The molecule has 0 unspecified atom stereocenters. The van der Waals surface area contributed by atoms with E-state index in [0.717, 1.165) is 25.7 Å². The van der Waals surface area contributed by atoms with Gasteiger partial charge in [-0.3, -0.25) is 4.79 Å². The van der Waals surface area contributed by atoms with Crippen LogP contribution in [0.25, 0.3) is 0 Å². The van der Waals surface area contributed by atoms with Crippen LogP contribution in [0.3, 0.4) is 0 Å². The molecule has 1 aliphatic carbocycles. The second-order valence-electron chi connectivity index (χ2n) is 7.14. The molecule has 4 heterocycles. The van der Waals surface area contributed by atoms with Gasteiger partial charge in [0.2, 0.25) is 12.1 Å². The van der Waals surface area contributed by atoms with Crippen molar-refractivity contribution in [2.45, 2.75) is 64.1 Å². The van der Waals surface area contributed by atoms with Crippen LogP contribution >= 0.6 is 0 Å². The zero-order chi connectivity index (χ0) is 14.1. The van der Waals surface area contributed by atoms with Crippen LogP contribution in [0, 0.1) is 23.7 Å². The molecule has 4 aliphatic heterocycles. The SMILES string of the molecule is C[C@@H]1C(=O)O[C@H]2O[C@]3(C)CC[C@@H]4[C@@H](C)CC[C@H]1[C@]24OO3. The fourth-order valence-electron chi connectivity index (χ4n) is 4.76. The maximum absolute atomic E-state index is 12.1. The highest BCUT2D eigenvalue weighted by molar-refractivity contribution is 5.74. The van der Waals surface area contributed by atoms with Gasteiger partial charge in [-0.1, -0.05) is 13.8 Å². The Morgan fingerprint density at radius 1 is 1.10 bits per heavy atom. The number of hydrogen-bond acceptors (Lipinski definition) is 5. The van der Waals surface area contributed by atoms with Gasteiger partial charge in [0, 0.05) is 18.3 Å². The third-order valence-corrected chi connectivity index (χ3v) is 5.97. The summed E-state index contributed by atoms with van der Waals surface area (Å²) in [6, 6.07) is 0. The van der Waals surface area contributed by atoms with Crippen molar-refractivity contribution in [3.05, 3.63) is 0 Å². The second-order valence-corrected chi connectivity index (χ2v) is 7.14. The summed E-state index contributed by atoms with van der Waals surface area (Å²) in [5.74, 6) is -0.137. The van der Waals surface area contributed by atoms with E-state index in [1.54, 1.807) is 0 Å². The van der Waals surface area contributed by atoms with Crippen molar-refractivity contribution in [1.82, 2.24) is 0 Å². The van der Waals surface area contributed by atoms with Gasteiger partial charge in [-0.25, -0.2) is 9.78 Å². The van der Waals surface area contributed by atoms with Gasteiger partial charge in [0.05, 0.1) is 5.92 Å². The molecule has 5 heteroatoms. The van der Waals surface area contributed by atoms with Crippen molar-refractivity contribution in [3.8, 4) is 0 Å². The Morgan fingerprint density at radius 3 is 2.70 bits per heavy atom. The summed E-state index contributed by atoms with van der Waals surface area (Å²) in [7, 11) is 0. The van der Waals surface area contributed by atoms with Gasteiger partial charge in [-0.05, 0) is 32.1 Å². The lowest BCUT2D eigenvalue weighted by atomic mass is 9.58. The molecule has 0 aromatic heterocycles. The number of esters is 1. The molecule has 0 aromatic rings. The van der Waals surface area contributed by atoms with E-state index in [-0.39, 0.29) is 17.8 Å². The van der Waals surface area contributed by atoms with Crippen molar-refractivity contribution in [2.24, 2.45) is 23.7 Å². The standard InChI is InChI=1S/C15H22O5/c1-8-4-5-11-9(2)12(16)17-13-15(11)10(8)6-7-14(3,18-13)19-20-15/h8-11,13H,4-7H2,1-3H3/t8-,9-,10+,11+,13-,14-,15-/m0/s1. The Hall–Kier alpha value is -0.650. The van der Waals surface area contributed by atoms with Gasteiger partial charge in [0.1, 0.15) is 0 Å². The topological polar surface area (TPSA) is 54.0 Å². The lowest BCUT2D eigenvalue weighted by Crippen LogP contribution is -2.69. The van der Waals surface area contributed by atoms with E-state index in [0.29, 0.717) is 11.8 Å². The summed E-state index contributed by atoms with van der Waals surface area (Å²) in [4.78, 5) is 23.7. The number of fused-ring (bicyclic) bond motifs is 2. The summed E-state index contributed by atoms with van der Waals surface area (Å²) >= 11 is 0. The van der Waals surface area contributed by atoms with Gasteiger partial charge >= 0.3 is 5.97 Å². The third kappa shape index (κ3) is 1.46. The summed E-state index contributed by atoms with van der Waals surface area (Å²) in [6.45, 7) is 6.06. The van der Waals surface area contributed by atoms with E-state index >= 15 is 0 Å². The molecule has 1 saturated carbocycles. The molecule has 0 amide bonds. The maximum Gasteiger partial charge on any atom is 0.311 e. The predicted molar refractivity (Wildman–Crippen MR) is 68.0 cm³/mol. The minimum Gasteiger partial charge on any atom is -0.432 e. The molecule has 5 rings (SSSR count). The lowest BCUT2D eigenvalue weighted by molar-refractivity contribution is -0.559. The molecule has 4 saturated heterocycles. The number of carbonyl (C=O) groups is 1. The number of hydrogen-bond donors (Lipinski definition) is 0. The summed E-state index contributed by atoms with van der Waals surface area (Å²) in [5.41, 5.74) is -0.610. The van der Waals surface area contributed by atoms with E-state index in [1.807, 2.05) is 13.8 Å². The highest BCUT2D eigenvalue weighted by Gasteiger charge is 2.69. The van der Waals surface area contributed by atoms with E-state index in [1.165, 1.54) is 0 Å². The van der Waals surface area contributed by atoms with Gasteiger partial charge in [0.25, 0.3) is 0 Å². The quantitative estimate of drug-likeness (QED) is 0.504. The van der Waals surface area contributed by atoms with Gasteiger partial charge < -0.3 is 9.47 Å². The Morgan fingerprint density at radius 2 is 1.90 bits per heavy atom. The Labute approximate surface area is 118 Å². The average molecular weight is 282 g/mol. The molecule has 0 aromatic carbocycles. The van der Waals surface area contributed by atoms with Gasteiger partial charge in [0.15, 0.2) is 5.60 Å². The van der Waals surface area contributed by atoms with Crippen molar-refractivity contribution < 1.29 is 24.0 Å². The van der Waals surface area contributed by atoms with Gasteiger partial charge in [-0.2, -0.15) is 0 Å². The first-order chi connectivity index (χ1) is 9.46. The van der Waals surface area contributed by atoms with Crippen LogP contribution in [0.5, 0.6) is 0 Å². The molecule has 5 aliphatic rings. The molecule has 1 spiro atoms. The average Bonchev–Trinajstić information content (AvgIpc) is 2.63. The van der Waals surface area contributed by atoms with Gasteiger partial charge in [-0.15, -0.1) is 0 Å². The monoisotopic (exact) mass is 282 g/mol. The Bertz CT molecular complexity index is 452. The van der Waals surface area contributed by atoms with Crippen LogP contribution in [0.2, 0.25) is 0 Å². The summed E-state index contributed by atoms with van der Waals surface area (Å²) < 4.78 is 11.6. The van der Waals surface area contributed by atoms with E-state index in [4.69, 9.17) is 19.2 Å². The van der Waals surface area contributed by atoms with E-state index < -0.39 is 17.7 Å². The molecule has 20 heavy (non-hydrogen) atoms. The largest absolute Gasteiger partial charge is 0.432 e. The van der Waals surface area contributed by atoms with Crippen molar-refractivity contribution in [3.63, 3.8) is 0 Å². The van der Waals surface area contributed by atoms with E-state index in [2.05, 4.69) is 6.92 Å². The normalized spacial score (nSPS) is 57.8. The highest BCUT2D eigenvalue weighted by atomic mass is 17.3. The molecular weight excluding hydrogens is 260 g/mol. The fraction of sp³-hybridized carbons (Fsp3) is 0.933. The van der Waals surface area contributed by atoms with Crippen LogP contribution in [0.15, 0.2) is 0 Å². The molecule has 0 N–H and O–H groups in total. The first-order valence-electron chi connectivity index (χ1n) is 7.71. The van der Waals surface area contributed by atoms with Crippen LogP contribution in [0.1, 0.15) is 46.5 Å². The Kier molecular flexibility index (Phi) is 2.58. The van der Waals surface area contributed by atoms with E-state index in [9.17, 15) is 4.79 Å². The van der Waals surface area contributed by atoms with Crippen LogP contribution in [0.4, 0.5) is 0 Å². The first kappa shape index (κ1) is 13.0. The molecule has 7 atom stereocenters. The zero-order valence-corrected chi connectivity index (χ0v) is 12.3. The summed E-state index contributed by atoms with van der Waals surface area (Å²) in [5, 5.41) is 0. The number of carbonyl (C=O) groups excluding carboxylic acids is 1. The number of rotatable bonds is 0. The van der Waals surface area contributed by atoms with Crippen LogP contribution in [-0.2, 0) is 24.0 Å². The number of ether oxygens (including phenoxy) is 2. The summed E-state index contributed by atoms with van der Waals surface area (Å²) in [6.07, 6.45) is 3.24. The van der Waals surface area contributed by atoms with Crippen molar-refractivity contribution in [1.29, 1.82) is 0 Å².